The first-order valence-electron chi connectivity index (χ1n) is 4.13. The summed E-state index contributed by atoms with van der Waals surface area (Å²) in [6.07, 6.45) is 0. The fraction of sp³-hybridized carbons (Fsp3) is 0.857. The van der Waals surface area contributed by atoms with Gasteiger partial charge in [-0.15, -0.1) is 0 Å². The average molecular weight is 242 g/mol. The third-order valence-corrected chi connectivity index (χ3v) is 1.73. The number of aliphatic carboxylic acids is 1. The van der Waals surface area contributed by atoms with E-state index >= 15 is 0 Å². The molecule has 0 aromatic rings. The summed E-state index contributed by atoms with van der Waals surface area (Å²) in [6, 6.07) is 0. The second kappa shape index (κ2) is 6.72. The molecule has 92 valence electrons. The van der Waals surface area contributed by atoms with Gasteiger partial charge in [-0.05, 0) is 0 Å². The number of carbonyl (C=O) groups excluding carboxylic acids is 1. The number of nitrogens with zero attached hydrogens (tertiary/aromatic N) is 1. The molecule has 0 fully saturated rings. The van der Waals surface area contributed by atoms with Crippen LogP contribution in [0.3, 0.4) is 0 Å². The zero-order chi connectivity index (χ0) is 12.7. The fourth-order valence-corrected chi connectivity index (χ4v) is 0.834. The van der Waals surface area contributed by atoms with Gasteiger partial charge in [0.25, 0.3) is 10.1 Å². The highest BCUT2D eigenvalue weighted by Crippen LogP contribution is 1.84. The molecule has 15 heavy (non-hydrogen) atoms. The highest BCUT2D eigenvalue weighted by molar-refractivity contribution is 7.85. The van der Waals surface area contributed by atoms with Gasteiger partial charge in [0.1, 0.15) is 6.54 Å². The molecule has 0 aliphatic rings. The molecule has 0 rings (SSSR count). The minimum absolute atomic E-state index is 0.0289. The van der Waals surface area contributed by atoms with E-state index in [1.807, 2.05) is 0 Å². The van der Waals surface area contributed by atoms with Crippen molar-refractivity contribution in [2.45, 2.75) is 0 Å². The number of carboxylic acids is 1. The van der Waals surface area contributed by atoms with E-state index in [4.69, 9.17) is 10.3 Å². The standard InChI is InChI=1S/C5H11NO2.C2H7NO3S/c1-6(2,3)4-5(7)8;3-1-2-7(4,5)6/h4H2,1-3H3;1-3H2,(H,4,5,6). The Morgan fingerprint density at radius 1 is 1.40 bits per heavy atom. The van der Waals surface area contributed by atoms with Crippen LogP contribution < -0.4 is 10.8 Å². The summed E-state index contributed by atoms with van der Waals surface area (Å²) in [7, 11) is 1.60. The number of likely N-dealkylation sites (N-methyl/N-ethyl adjacent to an activating group) is 1. The van der Waals surface area contributed by atoms with Gasteiger partial charge in [-0.3, -0.25) is 4.55 Å². The van der Waals surface area contributed by atoms with Crippen LogP contribution in [0.15, 0.2) is 0 Å². The smallest absolute Gasteiger partial charge is 0.266 e. The molecule has 0 aliphatic carbocycles. The van der Waals surface area contributed by atoms with Crippen molar-refractivity contribution in [3.8, 4) is 0 Å². The van der Waals surface area contributed by atoms with Crippen molar-refractivity contribution in [3.63, 3.8) is 0 Å². The summed E-state index contributed by atoms with van der Waals surface area (Å²) in [4.78, 5) is 9.89. The second-order valence-corrected chi connectivity index (χ2v) is 5.47. The zero-order valence-electron chi connectivity index (χ0n) is 9.13. The molecular formula is C7H18N2O5S. The first kappa shape index (κ1) is 16.7. The Bertz CT molecular complexity index is 280. The molecular weight excluding hydrogens is 224 g/mol. The first-order valence-corrected chi connectivity index (χ1v) is 5.74. The van der Waals surface area contributed by atoms with Crippen molar-refractivity contribution < 1.29 is 27.4 Å². The maximum absolute atomic E-state index is 9.89. The molecule has 0 aromatic carbocycles. The van der Waals surface area contributed by atoms with Crippen molar-refractivity contribution in [1.82, 2.24) is 0 Å². The average Bonchev–Trinajstić information content (AvgIpc) is 1.77. The summed E-state index contributed by atoms with van der Waals surface area (Å²) in [5.74, 6) is -1.36. The van der Waals surface area contributed by atoms with Crippen molar-refractivity contribution in [3.05, 3.63) is 0 Å². The van der Waals surface area contributed by atoms with Gasteiger partial charge in [0.2, 0.25) is 0 Å². The van der Waals surface area contributed by atoms with E-state index in [0.717, 1.165) is 0 Å². The van der Waals surface area contributed by atoms with Crippen LogP contribution in [0, 0.1) is 0 Å². The van der Waals surface area contributed by atoms with Crippen LogP contribution in [0.25, 0.3) is 0 Å². The number of nitrogens with two attached hydrogens (primary N) is 1. The summed E-state index contributed by atoms with van der Waals surface area (Å²) in [6.45, 7) is 0.0405. The highest BCUT2D eigenvalue weighted by Gasteiger charge is 2.04. The Hall–Kier alpha value is -0.700. The monoisotopic (exact) mass is 242 g/mol. The van der Waals surface area contributed by atoms with Crippen LogP contribution in [0.4, 0.5) is 0 Å². The quantitative estimate of drug-likeness (QED) is 0.408. The molecule has 7 nitrogen and oxygen atoms in total. The van der Waals surface area contributed by atoms with E-state index in [1.165, 1.54) is 0 Å². The van der Waals surface area contributed by atoms with Crippen LogP contribution in [-0.4, -0.2) is 63.4 Å². The molecule has 0 atom stereocenters. The van der Waals surface area contributed by atoms with Crippen molar-refractivity contribution >= 4 is 16.1 Å². The predicted octanol–water partition coefficient (Wildman–Crippen LogP) is -2.72. The van der Waals surface area contributed by atoms with Gasteiger partial charge in [-0.25, -0.2) is 0 Å². The van der Waals surface area contributed by atoms with E-state index in [1.54, 1.807) is 21.1 Å². The summed E-state index contributed by atoms with van der Waals surface area (Å²) in [5, 5.41) is 9.89. The van der Waals surface area contributed by atoms with Crippen LogP contribution in [0.2, 0.25) is 0 Å². The largest absolute Gasteiger partial charge is 0.544 e. The second-order valence-electron chi connectivity index (χ2n) is 3.90. The van der Waals surface area contributed by atoms with Crippen LogP contribution in [0.5, 0.6) is 0 Å². The lowest BCUT2D eigenvalue weighted by Gasteiger charge is -2.23. The molecule has 0 saturated carbocycles. The predicted molar refractivity (Wildman–Crippen MR) is 53.4 cm³/mol. The van der Waals surface area contributed by atoms with Gasteiger partial charge in [0.15, 0.2) is 0 Å². The minimum Gasteiger partial charge on any atom is -0.544 e. The number of carboxylic acid groups (broad SMARTS) is 1. The van der Waals surface area contributed by atoms with Crippen molar-refractivity contribution in [2.75, 3.05) is 40.0 Å². The maximum Gasteiger partial charge on any atom is 0.266 e. The van der Waals surface area contributed by atoms with Gasteiger partial charge in [-0.2, -0.15) is 8.42 Å². The molecule has 0 aromatic heterocycles. The minimum atomic E-state index is -3.80. The third-order valence-electron chi connectivity index (χ3n) is 0.979. The summed E-state index contributed by atoms with van der Waals surface area (Å²) < 4.78 is 27.7. The number of quaternary nitrogens is 1. The molecule has 0 spiro atoms. The molecule has 0 amide bonds. The van der Waals surface area contributed by atoms with Gasteiger partial charge < -0.3 is 20.1 Å². The van der Waals surface area contributed by atoms with Gasteiger partial charge >= 0.3 is 0 Å². The Labute approximate surface area is 89.8 Å². The Morgan fingerprint density at radius 3 is 1.80 bits per heavy atom. The van der Waals surface area contributed by atoms with Gasteiger partial charge in [0, 0.05) is 6.54 Å². The molecule has 0 bridgehead atoms. The molecule has 3 N–H and O–H groups in total. The molecule has 0 unspecified atom stereocenters. The highest BCUT2D eigenvalue weighted by atomic mass is 32.2. The van der Waals surface area contributed by atoms with Crippen LogP contribution in [0.1, 0.15) is 0 Å². The van der Waals surface area contributed by atoms with Crippen LogP contribution >= 0.6 is 0 Å². The lowest BCUT2D eigenvalue weighted by molar-refractivity contribution is -0.864. The van der Waals surface area contributed by atoms with E-state index < -0.39 is 16.1 Å². The van der Waals surface area contributed by atoms with Gasteiger partial charge in [-0.1, -0.05) is 0 Å². The fourth-order valence-electron chi connectivity index (χ4n) is 0.536. The van der Waals surface area contributed by atoms with E-state index in [9.17, 15) is 18.3 Å². The molecule has 0 radical (unpaired) electrons. The number of rotatable bonds is 4. The van der Waals surface area contributed by atoms with Gasteiger partial charge in [0.05, 0.1) is 32.9 Å². The Kier molecular flexibility index (Phi) is 7.49. The molecule has 0 heterocycles. The Balaban J connectivity index is 0. The topological polar surface area (TPSA) is 121 Å². The normalized spacial score (nSPS) is 11.5. The molecule has 0 aliphatic heterocycles. The van der Waals surface area contributed by atoms with Crippen molar-refractivity contribution in [1.29, 1.82) is 0 Å². The number of hydrogen-bond donors (Lipinski definition) is 2. The van der Waals surface area contributed by atoms with Crippen molar-refractivity contribution in [2.24, 2.45) is 5.73 Å². The zero-order valence-corrected chi connectivity index (χ0v) is 9.95. The first-order chi connectivity index (χ1) is 6.48. The maximum atomic E-state index is 9.89. The molecule has 8 heteroatoms. The van der Waals surface area contributed by atoms with Crippen LogP contribution in [-0.2, 0) is 14.9 Å². The van der Waals surface area contributed by atoms with E-state index in [2.05, 4.69) is 0 Å². The van der Waals surface area contributed by atoms with E-state index in [-0.39, 0.29) is 18.8 Å². The third kappa shape index (κ3) is 24.7. The Morgan fingerprint density at radius 2 is 1.80 bits per heavy atom. The SMILES string of the molecule is C[N+](C)(C)CC(=O)[O-].NCCS(=O)(=O)O. The van der Waals surface area contributed by atoms with E-state index in [0.29, 0.717) is 4.48 Å². The summed E-state index contributed by atoms with van der Waals surface area (Å²) >= 11 is 0. The lowest BCUT2D eigenvalue weighted by Crippen LogP contribution is -2.45. The molecule has 0 saturated heterocycles. The number of carbonyl (C=O) groups is 1. The summed E-state index contributed by atoms with van der Waals surface area (Å²) in [5.41, 5.74) is 4.78. The lowest BCUT2D eigenvalue weighted by atomic mass is 10.5. The number of hydrogen-bond acceptors (Lipinski definition) is 5.